The summed E-state index contributed by atoms with van der Waals surface area (Å²) < 4.78 is 17.9. The van der Waals surface area contributed by atoms with Crippen molar-refractivity contribution in [1.29, 1.82) is 0 Å². The van der Waals surface area contributed by atoms with Gasteiger partial charge >= 0.3 is 0 Å². The molecular formula is C33H29BrCl3N3O5. The van der Waals surface area contributed by atoms with E-state index in [4.69, 9.17) is 49.0 Å². The van der Waals surface area contributed by atoms with Crippen molar-refractivity contribution in [2.24, 2.45) is 5.10 Å². The van der Waals surface area contributed by atoms with Crippen LogP contribution < -0.4 is 25.0 Å². The number of rotatable bonds is 13. The van der Waals surface area contributed by atoms with E-state index in [0.29, 0.717) is 43.9 Å². The predicted molar refractivity (Wildman–Crippen MR) is 181 cm³/mol. The van der Waals surface area contributed by atoms with Gasteiger partial charge in [-0.1, -0.05) is 77.3 Å². The van der Waals surface area contributed by atoms with Crippen molar-refractivity contribution < 1.29 is 23.8 Å². The number of hydrazone groups is 1. The van der Waals surface area contributed by atoms with Crippen LogP contribution in [0.15, 0.2) is 94.5 Å². The van der Waals surface area contributed by atoms with Gasteiger partial charge in [-0.15, -0.1) is 0 Å². The molecule has 2 amide bonds. The Balaban J connectivity index is 1.43. The lowest BCUT2D eigenvalue weighted by Gasteiger charge is -2.21. The van der Waals surface area contributed by atoms with Crippen LogP contribution >= 0.6 is 50.7 Å². The molecule has 0 spiro atoms. The number of ether oxygens (including phenoxy) is 3. The van der Waals surface area contributed by atoms with Crippen LogP contribution in [0.4, 0.5) is 0 Å². The summed E-state index contributed by atoms with van der Waals surface area (Å²) in [6.07, 6.45) is 0.731. The highest BCUT2D eigenvalue weighted by Gasteiger charge is 2.25. The van der Waals surface area contributed by atoms with Crippen molar-refractivity contribution in [1.82, 2.24) is 10.7 Å². The van der Waals surface area contributed by atoms with Crippen molar-refractivity contribution in [3.63, 3.8) is 0 Å². The Morgan fingerprint density at radius 3 is 2.29 bits per heavy atom. The highest BCUT2D eigenvalue weighted by molar-refractivity contribution is 9.10. The maximum atomic E-state index is 13.3. The normalized spacial score (nSPS) is 12.3. The van der Waals surface area contributed by atoms with Gasteiger partial charge < -0.3 is 19.5 Å². The lowest BCUT2D eigenvalue weighted by atomic mass is 10.1. The molecule has 4 aromatic rings. The second-order valence-electron chi connectivity index (χ2n) is 9.77. The highest BCUT2D eigenvalue weighted by atomic mass is 79.9. The largest absolute Gasteiger partial charge is 0.493 e. The van der Waals surface area contributed by atoms with Crippen molar-refractivity contribution in [3.05, 3.63) is 121 Å². The number of carbonyl (C=O) groups is 2. The first-order chi connectivity index (χ1) is 21.6. The van der Waals surface area contributed by atoms with E-state index in [0.717, 1.165) is 11.1 Å². The number of hydrogen-bond donors (Lipinski definition) is 2. The van der Waals surface area contributed by atoms with E-state index in [9.17, 15) is 9.59 Å². The smallest absolute Gasteiger partial charge is 0.262 e. The second-order valence-corrected chi connectivity index (χ2v) is 11.9. The minimum Gasteiger partial charge on any atom is -0.493 e. The third kappa shape index (κ3) is 10.1. The summed E-state index contributed by atoms with van der Waals surface area (Å²) >= 11 is 21.6. The third-order valence-corrected chi connectivity index (χ3v) is 7.79. The van der Waals surface area contributed by atoms with Crippen molar-refractivity contribution in [2.75, 3.05) is 7.11 Å². The topological polar surface area (TPSA) is 98.2 Å². The molecule has 4 aromatic carbocycles. The Kier molecular flexibility index (Phi) is 12.5. The average molecular weight is 734 g/mol. The maximum Gasteiger partial charge on any atom is 0.262 e. The van der Waals surface area contributed by atoms with Crippen molar-refractivity contribution in [3.8, 4) is 17.2 Å². The summed E-state index contributed by atoms with van der Waals surface area (Å²) in [7, 11) is 1.53. The molecular weight excluding hydrogens is 705 g/mol. The molecule has 2 atom stereocenters. The lowest BCUT2D eigenvalue weighted by Crippen LogP contribution is -2.50. The zero-order valence-corrected chi connectivity index (χ0v) is 28.1. The zero-order chi connectivity index (χ0) is 32.3. The van der Waals surface area contributed by atoms with Gasteiger partial charge in [0.25, 0.3) is 11.8 Å². The molecule has 0 heterocycles. The number of amides is 2. The van der Waals surface area contributed by atoms with Gasteiger partial charge in [-0.2, -0.15) is 5.10 Å². The van der Waals surface area contributed by atoms with Gasteiger partial charge in [0.2, 0.25) is 0 Å². The summed E-state index contributed by atoms with van der Waals surface area (Å²) in [4.78, 5) is 26.3. The number of carbonyl (C=O) groups excluding carboxylic acids is 2. The second kappa shape index (κ2) is 16.5. The van der Waals surface area contributed by atoms with Gasteiger partial charge in [-0.25, -0.2) is 5.43 Å². The molecule has 0 fully saturated rings. The molecule has 0 aliphatic heterocycles. The fraction of sp³-hybridized carbons (Fsp3) is 0.182. The van der Waals surface area contributed by atoms with Gasteiger partial charge in [-0.3, -0.25) is 9.59 Å². The Bertz CT molecular complexity index is 1660. The molecule has 0 radical (unpaired) electrons. The van der Waals surface area contributed by atoms with Gasteiger partial charge in [0.15, 0.2) is 17.6 Å². The van der Waals surface area contributed by atoms with E-state index < -0.39 is 24.0 Å². The maximum absolute atomic E-state index is 13.3. The first-order valence-electron chi connectivity index (χ1n) is 13.7. The van der Waals surface area contributed by atoms with E-state index >= 15 is 0 Å². The first kappa shape index (κ1) is 34.1. The fourth-order valence-electron chi connectivity index (χ4n) is 4.10. The van der Waals surface area contributed by atoms with Crippen LogP contribution in [0.2, 0.25) is 15.1 Å². The molecule has 0 aliphatic carbocycles. The van der Waals surface area contributed by atoms with Crippen molar-refractivity contribution >= 4 is 68.8 Å². The molecule has 0 aliphatic rings. The standard InChI is InChI=1S/C33H29BrCl3N3O5/c1-20(45-29-13-12-25(36)17-27(29)37)32(41)39-28(15-21-6-4-3-5-7-21)33(42)40-38-18-23-14-26(34)31(30(16-23)43-2)44-19-22-8-10-24(35)11-9-22/h3-14,16-18,20,28H,15,19H2,1-2H3,(H,39,41)(H,40,42)/b38-18-/t20-,28+/m0/s1. The first-order valence-corrected chi connectivity index (χ1v) is 15.6. The molecule has 12 heteroatoms. The van der Waals surface area contributed by atoms with Crippen LogP contribution in [0.3, 0.4) is 0 Å². The van der Waals surface area contributed by atoms with Crippen LogP contribution in [-0.2, 0) is 22.6 Å². The van der Waals surface area contributed by atoms with Crippen LogP contribution in [0.1, 0.15) is 23.6 Å². The third-order valence-electron chi connectivity index (χ3n) is 6.42. The van der Waals surface area contributed by atoms with Gasteiger partial charge in [-0.05, 0) is 82.0 Å². The van der Waals surface area contributed by atoms with Gasteiger partial charge in [0, 0.05) is 16.5 Å². The summed E-state index contributed by atoms with van der Waals surface area (Å²) in [5.41, 5.74) is 4.94. The number of hydrogen-bond acceptors (Lipinski definition) is 6. The molecule has 45 heavy (non-hydrogen) atoms. The molecule has 0 bridgehead atoms. The van der Waals surface area contributed by atoms with E-state index in [1.165, 1.54) is 19.4 Å². The molecule has 0 aromatic heterocycles. The average Bonchev–Trinajstić information content (AvgIpc) is 3.02. The van der Waals surface area contributed by atoms with E-state index in [-0.39, 0.29) is 11.4 Å². The number of benzene rings is 4. The Morgan fingerprint density at radius 1 is 0.889 bits per heavy atom. The summed E-state index contributed by atoms with van der Waals surface area (Å²) in [6.45, 7) is 1.87. The summed E-state index contributed by atoms with van der Waals surface area (Å²) in [5.74, 6) is 0.240. The molecule has 2 N–H and O–H groups in total. The molecule has 0 saturated carbocycles. The van der Waals surface area contributed by atoms with E-state index in [1.807, 2.05) is 42.5 Å². The molecule has 8 nitrogen and oxygen atoms in total. The quantitative estimate of drug-likeness (QED) is 0.109. The van der Waals surface area contributed by atoms with Crippen LogP contribution in [0.5, 0.6) is 17.2 Å². The zero-order valence-electron chi connectivity index (χ0n) is 24.2. The van der Waals surface area contributed by atoms with Crippen molar-refractivity contribution in [2.45, 2.75) is 32.1 Å². The highest BCUT2D eigenvalue weighted by Crippen LogP contribution is 2.37. The molecule has 0 saturated heterocycles. The number of methoxy groups -OCH3 is 1. The molecule has 4 rings (SSSR count). The Hall–Kier alpha value is -3.76. The predicted octanol–water partition coefficient (Wildman–Crippen LogP) is 7.64. The SMILES string of the molecule is COc1cc(/C=N\NC(=O)[C@@H](Cc2ccccc2)NC(=O)[C@H](C)Oc2ccc(Cl)cc2Cl)cc(Br)c1OCc1ccc(Cl)cc1. The lowest BCUT2D eigenvalue weighted by molar-refractivity contribution is -0.132. The van der Waals surface area contributed by atoms with Gasteiger partial charge in [0.05, 0.1) is 22.8 Å². The number of nitrogens with one attached hydrogen (secondary N) is 2. The van der Waals surface area contributed by atoms with Crippen LogP contribution in [0.25, 0.3) is 0 Å². The Labute approximate surface area is 284 Å². The van der Waals surface area contributed by atoms with Crippen LogP contribution in [0, 0.1) is 0 Å². The minimum absolute atomic E-state index is 0.224. The van der Waals surface area contributed by atoms with E-state index in [2.05, 4.69) is 31.8 Å². The van der Waals surface area contributed by atoms with Gasteiger partial charge in [0.1, 0.15) is 18.4 Å². The van der Waals surface area contributed by atoms with E-state index in [1.54, 1.807) is 43.3 Å². The molecule has 0 unspecified atom stereocenters. The summed E-state index contributed by atoms with van der Waals surface area (Å²) in [5, 5.41) is 8.23. The Morgan fingerprint density at radius 2 is 1.60 bits per heavy atom. The summed E-state index contributed by atoms with van der Waals surface area (Å²) in [6, 6.07) is 23.9. The monoisotopic (exact) mass is 731 g/mol. The number of halogens is 4. The number of nitrogens with zero attached hydrogens (tertiary/aromatic N) is 1. The minimum atomic E-state index is -0.955. The van der Waals surface area contributed by atoms with Crippen LogP contribution in [-0.4, -0.2) is 37.3 Å². The molecule has 234 valence electrons. The fourth-order valence-corrected chi connectivity index (χ4v) is 5.25.